The van der Waals surface area contributed by atoms with E-state index in [-0.39, 0.29) is 0 Å². The Hall–Kier alpha value is -3.07. The smallest absolute Gasteiger partial charge is 0.328 e. The lowest BCUT2D eigenvalue weighted by molar-refractivity contribution is -0.153. The second-order valence-corrected chi connectivity index (χ2v) is 5.62. The number of carbonyl (C=O) groups excluding carboxylic acids is 2. The van der Waals surface area contributed by atoms with E-state index in [1.54, 1.807) is 12.1 Å². The summed E-state index contributed by atoms with van der Waals surface area (Å²) in [6.07, 6.45) is 0.0498. The first-order valence-corrected chi connectivity index (χ1v) is 7.81. The van der Waals surface area contributed by atoms with Gasteiger partial charge in [-0.3, -0.25) is 23.9 Å². The minimum atomic E-state index is -1.11. The minimum Gasteiger partial charge on any atom is -0.495 e. The van der Waals surface area contributed by atoms with Gasteiger partial charge in [-0.2, -0.15) is 0 Å². The Kier molecular flexibility index (Phi) is 6.18. The zero-order valence-electron chi connectivity index (χ0n) is 13.9. The maximum Gasteiger partial charge on any atom is 0.328 e. The van der Waals surface area contributed by atoms with Gasteiger partial charge in [-0.25, -0.2) is 4.79 Å². The Morgan fingerprint density at radius 3 is 2.65 bits per heavy atom. The molecule has 0 aliphatic rings. The van der Waals surface area contributed by atoms with Gasteiger partial charge < -0.3 is 14.8 Å². The Labute approximate surface area is 152 Å². The number of anilines is 1. The van der Waals surface area contributed by atoms with Gasteiger partial charge in [0.2, 0.25) is 0 Å². The standard InChI is InChI=1S/C16H16ClN3O6/c1-9(15(23)18-10-3-4-12(25-2)11(17)7-10)26-14(22)8-20-6-5-13(21)19-16(20)24/h3-7,9H,8H2,1-2H3,(H,18,23)(H,19,21,24)/t9-/m1/s1. The Balaban J connectivity index is 1.95. The molecule has 1 amide bonds. The summed E-state index contributed by atoms with van der Waals surface area (Å²) >= 11 is 5.97. The number of aromatic amines is 1. The Morgan fingerprint density at radius 1 is 1.31 bits per heavy atom. The third-order valence-corrected chi connectivity index (χ3v) is 3.59. The second-order valence-electron chi connectivity index (χ2n) is 5.21. The highest BCUT2D eigenvalue weighted by Crippen LogP contribution is 2.27. The molecule has 0 aliphatic heterocycles. The molecule has 0 fully saturated rings. The first-order valence-electron chi connectivity index (χ1n) is 7.44. The summed E-state index contributed by atoms with van der Waals surface area (Å²) in [7, 11) is 1.47. The number of hydrogen-bond acceptors (Lipinski definition) is 6. The number of aromatic nitrogens is 2. The van der Waals surface area contributed by atoms with Crippen LogP contribution in [0, 0.1) is 0 Å². The van der Waals surface area contributed by atoms with Crippen LogP contribution in [-0.4, -0.2) is 34.6 Å². The molecule has 0 saturated heterocycles. The molecule has 138 valence electrons. The molecule has 1 heterocycles. The number of halogens is 1. The first-order chi connectivity index (χ1) is 12.3. The first kappa shape index (κ1) is 19.3. The van der Waals surface area contributed by atoms with E-state index in [9.17, 15) is 19.2 Å². The van der Waals surface area contributed by atoms with Gasteiger partial charge in [0.25, 0.3) is 11.5 Å². The van der Waals surface area contributed by atoms with Crippen LogP contribution in [-0.2, 0) is 20.9 Å². The molecule has 26 heavy (non-hydrogen) atoms. The van der Waals surface area contributed by atoms with Gasteiger partial charge in [0.15, 0.2) is 6.10 Å². The van der Waals surface area contributed by atoms with Gasteiger partial charge in [-0.15, -0.1) is 0 Å². The number of methoxy groups -OCH3 is 1. The highest BCUT2D eigenvalue weighted by molar-refractivity contribution is 6.32. The van der Waals surface area contributed by atoms with Crippen LogP contribution in [0.4, 0.5) is 5.69 Å². The summed E-state index contributed by atoms with van der Waals surface area (Å²) in [6.45, 7) is 0.940. The van der Waals surface area contributed by atoms with Crippen molar-refractivity contribution in [1.29, 1.82) is 0 Å². The SMILES string of the molecule is COc1ccc(NC(=O)[C@@H](C)OC(=O)Cn2ccc(=O)[nH]c2=O)cc1Cl. The van der Waals surface area contributed by atoms with Crippen molar-refractivity contribution in [3.05, 3.63) is 56.3 Å². The van der Waals surface area contributed by atoms with Crippen molar-refractivity contribution in [2.24, 2.45) is 0 Å². The third-order valence-electron chi connectivity index (χ3n) is 3.29. The average molecular weight is 382 g/mol. The van der Waals surface area contributed by atoms with E-state index in [4.69, 9.17) is 21.1 Å². The van der Waals surface area contributed by atoms with Gasteiger partial charge >= 0.3 is 11.7 Å². The van der Waals surface area contributed by atoms with Crippen LogP contribution in [0.3, 0.4) is 0 Å². The lowest BCUT2D eigenvalue weighted by Crippen LogP contribution is -2.34. The van der Waals surface area contributed by atoms with Crippen molar-refractivity contribution in [2.75, 3.05) is 12.4 Å². The summed E-state index contributed by atoms with van der Waals surface area (Å²) in [4.78, 5) is 48.5. The van der Waals surface area contributed by atoms with Crippen molar-refractivity contribution < 1.29 is 19.1 Å². The molecule has 2 rings (SSSR count). The van der Waals surface area contributed by atoms with Crippen LogP contribution in [0.25, 0.3) is 0 Å². The summed E-state index contributed by atoms with van der Waals surface area (Å²) in [5.41, 5.74) is -0.925. The number of rotatable bonds is 6. The Morgan fingerprint density at radius 2 is 2.04 bits per heavy atom. The highest BCUT2D eigenvalue weighted by Gasteiger charge is 2.19. The van der Waals surface area contributed by atoms with E-state index in [1.807, 2.05) is 4.98 Å². The molecule has 9 nitrogen and oxygen atoms in total. The highest BCUT2D eigenvalue weighted by atomic mass is 35.5. The van der Waals surface area contributed by atoms with Crippen LogP contribution in [0.15, 0.2) is 40.1 Å². The maximum absolute atomic E-state index is 12.1. The Bertz CT molecular complexity index is 936. The van der Waals surface area contributed by atoms with Crippen molar-refractivity contribution in [3.8, 4) is 5.75 Å². The van der Waals surface area contributed by atoms with Crippen molar-refractivity contribution in [3.63, 3.8) is 0 Å². The number of H-pyrrole nitrogens is 1. The number of nitrogens with one attached hydrogen (secondary N) is 2. The summed E-state index contributed by atoms with van der Waals surface area (Å²) < 4.78 is 11.0. The number of hydrogen-bond donors (Lipinski definition) is 2. The third kappa shape index (κ3) is 4.96. The molecule has 10 heteroatoms. The maximum atomic E-state index is 12.1. The lowest BCUT2D eigenvalue weighted by atomic mass is 10.3. The molecule has 0 aliphatic carbocycles. The number of ether oxygens (including phenoxy) is 2. The molecule has 0 spiro atoms. The van der Waals surface area contributed by atoms with Crippen LogP contribution in [0.2, 0.25) is 5.02 Å². The van der Waals surface area contributed by atoms with Crippen LogP contribution < -0.4 is 21.3 Å². The molecular formula is C16H16ClN3O6. The molecular weight excluding hydrogens is 366 g/mol. The minimum absolute atomic E-state index is 0.312. The number of benzene rings is 1. The monoisotopic (exact) mass is 381 g/mol. The fourth-order valence-electron chi connectivity index (χ4n) is 1.98. The number of carbonyl (C=O) groups is 2. The van der Waals surface area contributed by atoms with Gasteiger partial charge in [0, 0.05) is 18.0 Å². The number of esters is 1. The fourth-order valence-corrected chi connectivity index (χ4v) is 2.24. The van der Waals surface area contributed by atoms with Crippen LogP contribution >= 0.6 is 11.6 Å². The largest absolute Gasteiger partial charge is 0.495 e. The van der Waals surface area contributed by atoms with Gasteiger partial charge in [0.1, 0.15) is 12.3 Å². The van der Waals surface area contributed by atoms with E-state index < -0.39 is 35.8 Å². The van der Waals surface area contributed by atoms with E-state index in [0.29, 0.717) is 16.5 Å². The topological polar surface area (TPSA) is 119 Å². The number of nitrogens with zero attached hydrogens (tertiary/aromatic N) is 1. The second kappa shape index (κ2) is 8.34. The summed E-state index contributed by atoms with van der Waals surface area (Å²) in [6, 6.07) is 5.75. The normalized spacial score (nSPS) is 11.5. The molecule has 2 N–H and O–H groups in total. The van der Waals surface area contributed by atoms with Crippen LogP contribution in [0.5, 0.6) is 5.75 Å². The lowest BCUT2D eigenvalue weighted by Gasteiger charge is -2.14. The molecule has 0 radical (unpaired) electrons. The average Bonchev–Trinajstić information content (AvgIpc) is 2.57. The summed E-state index contributed by atoms with van der Waals surface area (Å²) in [5.74, 6) is -0.932. The van der Waals surface area contributed by atoms with E-state index in [2.05, 4.69) is 5.32 Å². The van der Waals surface area contributed by atoms with Crippen molar-refractivity contribution in [2.45, 2.75) is 19.6 Å². The molecule has 1 atom stereocenters. The molecule has 2 aromatic rings. The predicted molar refractivity (Wildman–Crippen MR) is 93.5 cm³/mol. The van der Waals surface area contributed by atoms with E-state index in [1.165, 1.54) is 20.1 Å². The van der Waals surface area contributed by atoms with Crippen molar-refractivity contribution >= 4 is 29.2 Å². The fraction of sp³-hybridized carbons (Fsp3) is 0.250. The molecule has 1 aromatic carbocycles. The van der Waals surface area contributed by atoms with Crippen molar-refractivity contribution in [1.82, 2.24) is 9.55 Å². The zero-order valence-corrected chi connectivity index (χ0v) is 14.7. The summed E-state index contributed by atoms with van der Waals surface area (Å²) in [5, 5.41) is 2.86. The molecule has 1 aromatic heterocycles. The molecule has 0 unspecified atom stereocenters. The van der Waals surface area contributed by atoms with Crippen LogP contribution in [0.1, 0.15) is 6.92 Å². The quantitative estimate of drug-likeness (QED) is 0.713. The van der Waals surface area contributed by atoms with Gasteiger partial charge in [-0.1, -0.05) is 11.6 Å². The molecule has 0 saturated carbocycles. The zero-order chi connectivity index (χ0) is 19.3. The molecule has 0 bridgehead atoms. The van der Waals surface area contributed by atoms with E-state index in [0.717, 1.165) is 16.8 Å². The van der Waals surface area contributed by atoms with Gasteiger partial charge in [0.05, 0.1) is 12.1 Å². The predicted octanol–water partition coefficient (Wildman–Crippen LogP) is 0.769. The van der Waals surface area contributed by atoms with E-state index >= 15 is 0 Å². The van der Waals surface area contributed by atoms with Gasteiger partial charge in [-0.05, 0) is 25.1 Å². The number of amides is 1.